The van der Waals surface area contributed by atoms with Gasteiger partial charge >= 0.3 is 5.91 Å². The standard InChI is InChI=1S/C17H16N4O.ClH/c1-13-15(14-7-3-4-8-16(14)19-13)11-18-20-17(22)12-21-9-5-2-6-10-21;/h2-11H,12H2,1H3,(H-,18,19,20,22);1H. The molecule has 0 unspecified atom stereocenters. The first kappa shape index (κ1) is 16.7. The van der Waals surface area contributed by atoms with Gasteiger partial charge in [0, 0.05) is 34.3 Å². The van der Waals surface area contributed by atoms with Crippen LogP contribution in [-0.4, -0.2) is 17.1 Å². The van der Waals surface area contributed by atoms with Crippen molar-refractivity contribution in [1.82, 2.24) is 10.4 Å². The van der Waals surface area contributed by atoms with Gasteiger partial charge in [0.05, 0.1) is 6.21 Å². The van der Waals surface area contributed by atoms with Crippen LogP contribution < -0.4 is 22.4 Å². The largest absolute Gasteiger partial charge is 1.00 e. The number of aromatic amines is 1. The molecule has 2 aromatic heterocycles. The molecule has 0 saturated carbocycles. The lowest BCUT2D eigenvalue weighted by atomic mass is 10.1. The van der Waals surface area contributed by atoms with E-state index in [9.17, 15) is 4.79 Å². The molecular weight excluding hydrogens is 312 g/mol. The van der Waals surface area contributed by atoms with Gasteiger partial charge in [0.2, 0.25) is 6.54 Å². The number of halogens is 1. The first-order valence-corrected chi connectivity index (χ1v) is 7.07. The number of aromatic nitrogens is 2. The van der Waals surface area contributed by atoms with Crippen LogP contribution >= 0.6 is 0 Å². The Bertz CT molecular complexity index is 827. The molecule has 118 valence electrons. The summed E-state index contributed by atoms with van der Waals surface area (Å²) in [4.78, 5) is 15.1. The van der Waals surface area contributed by atoms with E-state index in [0.29, 0.717) is 0 Å². The van der Waals surface area contributed by atoms with Gasteiger partial charge in [-0.25, -0.2) is 5.43 Å². The minimum atomic E-state index is -0.162. The van der Waals surface area contributed by atoms with Gasteiger partial charge in [-0.3, -0.25) is 4.79 Å². The van der Waals surface area contributed by atoms with Crippen molar-refractivity contribution in [2.24, 2.45) is 5.10 Å². The number of hydrazone groups is 1. The van der Waals surface area contributed by atoms with Crippen molar-refractivity contribution in [1.29, 1.82) is 0 Å². The molecule has 2 heterocycles. The molecule has 0 fully saturated rings. The van der Waals surface area contributed by atoms with Crippen LogP contribution in [-0.2, 0) is 11.3 Å². The van der Waals surface area contributed by atoms with E-state index in [1.165, 1.54) is 0 Å². The van der Waals surface area contributed by atoms with Gasteiger partial charge in [0.25, 0.3) is 0 Å². The predicted molar refractivity (Wildman–Crippen MR) is 85.4 cm³/mol. The molecule has 0 saturated heterocycles. The average molecular weight is 329 g/mol. The number of pyridine rings is 1. The third-order valence-electron chi connectivity index (χ3n) is 3.43. The maximum Gasteiger partial charge on any atom is 0.305 e. The summed E-state index contributed by atoms with van der Waals surface area (Å²) in [6, 6.07) is 13.7. The Morgan fingerprint density at radius 1 is 1.22 bits per heavy atom. The molecule has 0 aliphatic heterocycles. The second kappa shape index (κ2) is 7.56. The molecule has 23 heavy (non-hydrogen) atoms. The highest BCUT2D eigenvalue weighted by Gasteiger charge is 2.08. The summed E-state index contributed by atoms with van der Waals surface area (Å²) >= 11 is 0. The van der Waals surface area contributed by atoms with Crippen LogP contribution in [0.25, 0.3) is 10.9 Å². The fourth-order valence-electron chi connectivity index (χ4n) is 2.37. The average Bonchev–Trinajstić information content (AvgIpc) is 2.84. The summed E-state index contributed by atoms with van der Waals surface area (Å²) in [6.45, 7) is 2.23. The highest BCUT2D eigenvalue weighted by molar-refractivity contribution is 6.00. The predicted octanol–water partition coefficient (Wildman–Crippen LogP) is -1.08. The van der Waals surface area contributed by atoms with Crippen LogP contribution in [0.2, 0.25) is 0 Å². The molecule has 0 aliphatic carbocycles. The number of carbonyl (C=O) groups is 1. The van der Waals surface area contributed by atoms with Crippen molar-refractivity contribution in [2.45, 2.75) is 13.5 Å². The Hall–Kier alpha value is -2.66. The van der Waals surface area contributed by atoms with Gasteiger partial charge < -0.3 is 17.4 Å². The van der Waals surface area contributed by atoms with E-state index in [1.807, 2.05) is 61.8 Å². The number of nitrogens with zero attached hydrogens (tertiary/aromatic N) is 2. The van der Waals surface area contributed by atoms with Gasteiger partial charge in [-0.2, -0.15) is 9.67 Å². The molecule has 1 amide bonds. The van der Waals surface area contributed by atoms with Crippen LogP contribution in [0.3, 0.4) is 0 Å². The molecule has 0 atom stereocenters. The summed E-state index contributed by atoms with van der Waals surface area (Å²) in [5.41, 5.74) is 5.63. The summed E-state index contributed by atoms with van der Waals surface area (Å²) in [7, 11) is 0. The second-order valence-electron chi connectivity index (χ2n) is 5.05. The monoisotopic (exact) mass is 328 g/mol. The van der Waals surface area contributed by atoms with E-state index in [4.69, 9.17) is 0 Å². The number of aryl methyl sites for hydroxylation is 1. The molecule has 0 spiro atoms. The molecule has 5 nitrogen and oxygen atoms in total. The van der Waals surface area contributed by atoms with Crippen molar-refractivity contribution in [3.8, 4) is 0 Å². The minimum absolute atomic E-state index is 0. The zero-order chi connectivity index (χ0) is 15.4. The lowest BCUT2D eigenvalue weighted by molar-refractivity contribution is -0.684. The van der Waals surface area contributed by atoms with Crippen LogP contribution in [0, 0.1) is 6.92 Å². The van der Waals surface area contributed by atoms with Gasteiger partial charge in [0.15, 0.2) is 12.4 Å². The maximum absolute atomic E-state index is 11.8. The van der Waals surface area contributed by atoms with E-state index < -0.39 is 0 Å². The Morgan fingerprint density at radius 2 is 1.96 bits per heavy atom. The third kappa shape index (κ3) is 3.96. The van der Waals surface area contributed by atoms with Gasteiger partial charge in [0.1, 0.15) is 0 Å². The number of benzene rings is 1. The summed E-state index contributed by atoms with van der Waals surface area (Å²) in [5, 5.41) is 5.16. The SMILES string of the molecule is Cc1[nH]c2ccccc2c1/C=N/NC(=O)C[n+]1ccccc1.[Cl-]. The van der Waals surface area contributed by atoms with Crippen molar-refractivity contribution in [3.63, 3.8) is 0 Å². The quantitative estimate of drug-likeness (QED) is 0.357. The Labute approximate surface area is 140 Å². The molecule has 0 bridgehead atoms. The van der Waals surface area contributed by atoms with E-state index in [-0.39, 0.29) is 24.9 Å². The smallest absolute Gasteiger partial charge is 0.305 e. The summed E-state index contributed by atoms with van der Waals surface area (Å²) in [6.07, 6.45) is 5.36. The highest BCUT2D eigenvalue weighted by atomic mass is 35.5. The second-order valence-corrected chi connectivity index (χ2v) is 5.05. The molecule has 2 N–H and O–H groups in total. The molecule has 3 aromatic rings. The number of hydrogen-bond donors (Lipinski definition) is 2. The molecule has 0 radical (unpaired) electrons. The molecule has 0 aliphatic rings. The highest BCUT2D eigenvalue weighted by Crippen LogP contribution is 2.19. The lowest BCUT2D eigenvalue weighted by Gasteiger charge is -1.97. The van der Waals surface area contributed by atoms with E-state index in [2.05, 4.69) is 15.5 Å². The number of amides is 1. The number of hydrogen-bond acceptors (Lipinski definition) is 2. The van der Waals surface area contributed by atoms with Crippen molar-refractivity contribution < 1.29 is 21.8 Å². The van der Waals surface area contributed by atoms with Crippen LogP contribution in [0.5, 0.6) is 0 Å². The van der Waals surface area contributed by atoms with E-state index in [0.717, 1.165) is 22.2 Å². The molecule has 6 heteroatoms. The first-order chi connectivity index (χ1) is 10.7. The van der Waals surface area contributed by atoms with Crippen LogP contribution in [0.15, 0.2) is 60.0 Å². The number of nitrogens with one attached hydrogen (secondary N) is 2. The lowest BCUT2D eigenvalue weighted by Crippen LogP contribution is -3.00. The third-order valence-corrected chi connectivity index (χ3v) is 3.43. The minimum Gasteiger partial charge on any atom is -1.00 e. The first-order valence-electron chi connectivity index (χ1n) is 7.07. The van der Waals surface area contributed by atoms with Crippen molar-refractivity contribution in [3.05, 3.63) is 66.1 Å². The van der Waals surface area contributed by atoms with Crippen molar-refractivity contribution >= 4 is 23.0 Å². The van der Waals surface area contributed by atoms with Gasteiger partial charge in [-0.05, 0) is 13.0 Å². The fourth-order valence-corrected chi connectivity index (χ4v) is 2.37. The number of para-hydroxylation sites is 1. The normalized spacial score (nSPS) is 10.7. The van der Waals surface area contributed by atoms with Crippen LogP contribution in [0.1, 0.15) is 11.3 Å². The summed E-state index contributed by atoms with van der Waals surface area (Å²) in [5.74, 6) is -0.162. The summed E-state index contributed by atoms with van der Waals surface area (Å²) < 4.78 is 1.79. The van der Waals surface area contributed by atoms with Crippen molar-refractivity contribution in [2.75, 3.05) is 0 Å². The van der Waals surface area contributed by atoms with E-state index >= 15 is 0 Å². The maximum atomic E-state index is 11.8. The zero-order valence-corrected chi connectivity index (χ0v) is 13.4. The van der Waals surface area contributed by atoms with Gasteiger partial charge in [-0.15, -0.1) is 0 Å². The van der Waals surface area contributed by atoms with Gasteiger partial charge in [-0.1, -0.05) is 24.3 Å². The molecule has 3 rings (SSSR count). The zero-order valence-electron chi connectivity index (χ0n) is 12.7. The topological polar surface area (TPSA) is 61.1 Å². The molecule has 1 aromatic carbocycles. The number of H-pyrrole nitrogens is 1. The van der Waals surface area contributed by atoms with E-state index in [1.54, 1.807) is 10.8 Å². The fraction of sp³-hybridized carbons (Fsp3) is 0.118. The number of fused-ring (bicyclic) bond motifs is 1. The Balaban J connectivity index is 0.00000192. The Morgan fingerprint density at radius 3 is 2.74 bits per heavy atom. The number of rotatable bonds is 4. The number of carbonyl (C=O) groups excluding carboxylic acids is 1. The van der Waals surface area contributed by atoms with Crippen LogP contribution in [0.4, 0.5) is 0 Å². The Kier molecular flexibility index (Phi) is 5.49. The molecular formula is C17H17ClN4O.